The van der Waals surface area contributed by atoms with Gasteiger partial charge >= 0.3 is 5.97 Å². The summed E-state index contributed by atoms with van der Waals surface area (Å²) < 4.78 is 26.0. The molecule has 0 fully saturated rings. The first-order valence-electron chi connectivity index (χ1n) is 3.15. The van der Waals surface area contributed by atoms with E-state index in [9.17, 15) is 13.2 Å². The third kappa shape index (κ3) is 2.06. The molecule has 72 valence electrons. The lowest BCUT2D eigenvalue weighted by Crippen LogP contribution is -2.14. The molecule has 1 heterocycles. The van der Waals surface area contributed by atoms with Gasteiger partial charge in [-0.3, -0.25) is 0 Å². The zero-order valence-corrected chi connectivity index (χ0v) is 8.31. The molecule has 0 unspecified atom stereocenters. The van der Waals surface area contributed by atoms with E-state index in [0.717, 1.165) is 11.3 Å². The maximum absolute atomic E-state index is 11.0. The van der Waals surface area contributed by atoms with Crippen molar-refractivity contribution in [1.82, 2.24) is 0 Å². The van der Waals surface area contributed by atoms with Gasteiger partial charge in [0.25, 0.3) is 0 Å². The fourth-order valence-electron chi connectivity index (χ4n) is 0.777. The molecule has 5 nitrogen and oxygen atoms in total. The minimum absolute atomic E-state index is 0.0185. The van der Waals surface area contributed by atoms with Crippen LogP contribution in [0.2, 0.25) is 0 Å². The smallest absolute Gasteiger partial charge is 0.340 e. The Morgan fingerprint density at radius 3 is 2.69 bits per heavy atom. The number of hydrogen-bond acceptors (Lipinski definition) is 5. The third-order valence-corrected chi connectivity index (χ3v) is 3.72. The lowest BCUT2D eigenvalue weighted by Gasteiger charge is -1.98. The van der Waals surface area contributed by atoms with Crippen LogP contribution in [0.1, 0.15) is 10.4 Å². The van der Waals surface area contributed by atoms with Gasteiger partial charge in [0.15, 0.2) is 0 Å². The van der Waals surface area contributed by atoms with Crippen molar-refractivity contribution in [3.8, 4) is 0 Å². The SMILES string of the molecule is COC(=O)c1ccsc1S(N)(=O)=O. The molecule has 2 N–H and O–H groups in total. The van der Waals surface area contributed by atoms with Crippen LogP contribution in [0.3, 0.4) is 0 Å². The van der Waals surface area contributed by atoms with E-state index >= 15 is 0 Å². The summed E-state index contributed by atoms with van der Waals surface area (Å²) in [5.41, 5.74) is -0.0185. The second-order valence-electron chi connectivity index (χ2n) is 2.16. The molecular weight excluding hydrogens is 214 g/mol. The van der Waals surface area contributed by atoms with Crippen LogP contribution in [0.25, 0.3) is 0 Å². The predicted octanol–water partition coefficient (Wildman–Crippen LogP) is 0.182. The first kappa shape index (κ1) is 10.2. The fraction of sp³-hybridized carbons (Fsp3) is 0.167. The monoisotopic (exact) mass is 221 g/mol. The molecule has 0 amide bonds. The van der Waals surface area contributed by atoms with Crippen LogP contribution in [-0.4, -0.2) is 21.5 Å². The molecule has 0 atom stereocenters. The number of nitrogens with two attached hydrogens (primary N) is 1. The van der Waals surface area contributed by atoms with Crippen LogP contribution < -0.4 is 5.14 Å². The molecule has 0 bridgehead atoms. The van der Waals surface area contributed by atoms with E-state index in [1.165, 1.54) is 18.6 Å². The van der Waals surface area contributed by atoms with E-state index in [1.54, 1.807) is 0 Å². The Kier molecular flexibility index (Phi) is 2.69. The summed E-state index contributed by atoms with van der Waals surface area (Å²) >= 11 is 0.886. The topological polar surface area (TPSA) is 86.5 Å². The van der Waals surface area contributed by atoms with Gasteiger partial charge in [-0.15, -0.1) is 11.3 Å². The molecule has 7 heteroatoms. The summed E-state index contributed by atoms with van der Waals surface area (Å²) in [7, 11) is -2.65. The van der Waals surface area contributed by atoms with Crippen molar-refractivity contribution >= 4 is 27.3 Å². The highest BCUT2D eigenvalue weighted by molar-refractivity contribution is 7.91. The number of esters is 1. The van der Waals surface area contributed by atoms with E-state index in [4.69, 9.17) is 5.14 Å². The minimum atomic E-state index is -3.83. The molecule has 0 saturated heterocycles. The second kappa shape index (κ2) is 3.44. The average molecular weight is 221 g/mol. The highest BCUT2D eigenvalue weighted by atomic mass is 32.2. The van der Waals surface area contributed by atoms with E-state index in [0.29, 0.717) is 0 Å². The van der Waals surface area contributed by atoms with Gasteiger partial charge in [0, 0.05) is 0 Å². The summed E-state index contributed by atoms with van der Waals surface area (Å²) in [6.45, 7) is 0. The zero-order valence-electron chi connectivity index (χ0n) is 6.68. The van der Waals surface area contributed by atoms with Gasteiger partial charge < -0.3 is 4.74 Å². The molecule has 0 aliphatic rings. The summed E-state index contributed by atoms with van der Waals surface area (Å²) in [5.74, 6) is -0.703. The predicted molar refractivity (Wildman–Crippen MR) is 47.0 cm³/mol. The summed E-state index contributed by atoms with van der Waals surface area (Å²) in [5, 5.41) is 6.33. The summed E-state index contributed by atoms with van der Waals surface area (Å²) in [6.07, 6.45) is 0. The molecule has 0 aliphatic heterocycles. The molecule has 0 aromatic carbocycles. The van der Waals surface area contributed by atoms with Crippen molar-refractivity contribution in [2.45, 2.75) is 4.21 Å². The number of sulfonamides is 1. The Hall–Kier alpha value is -0.920. The van der Waals surface area contributed by atoms with Crippen molar-refractivity contribution in [2.75, 3.05) is 7.11 Å². The third-order valence-electron chi connectivity index (χ3n) is 1.29. The van der Waals surface area contributed by atoms with E-state index in [2.05, 4.69) is 4.74 Å². The second-order valence-corrected chi connectivity index (χ2v) is 4.83. The normalized spacial score (nSPS) is 11.2. The van der Waals surface area contributed by atoms with Crippen LogP contribution in [0.4, 0.5) is 0 Å². The van der Waals surface area contributed by atoms with Crippen molar-refractivity contribution in [3.05, 3.63) is 17.0 Å². The number of thiophene rings is 1. The molecule has 0 aliphatic carbocycles. The highest BCUT2D eigenvalue weighted by Gasteiger charge is 2.20. The van der Waals surface area contributed by atoms with Crippen LogP contribution in [0, 0.1) is 0 Å². The first-order chi connectivity index (χ1) is 5.96. The van der Waals surface area contributed by atoms with Gasteiger partial charge in [-0.05, 0) is 11.4 Å². The zero-order chi connectivity index (χ0) is 10.1. The number of primary sulfonamides is 1. The van der Waals surface area contributed by atoms with Crippen LogP contribution >= 0.6 is 11.3 Å². The highest BCUT2D eigenvalue weighted by Crippen LogP contribution is 2.21. The van der Waals surface area contributed by atoms with Gasteiger partial charge in [-0.25, -0.2) is 18.4 Å². The van der Waals surface area contributed by atoms with E-state index in [-0.39, 0.29) is 9.77 Å². The number of methoxy groups -OCH3 is 1. The molecule has 13 heavy (non-hydrogen) atoms. The Morgan fingerprint density at radius 1 is 1.62 bits per heavy atom. The maximum Gasteiger partial charge on any atom is 0.340 e. The lowest BCUT2D eigenvalue weighted by molar-refractivity contribution is 0.0597. The standard InChI is InChI=1S/C6H7NO4S2/c1-11-5(8)4-2-3-12-6(4)13(7,9)10/h2-3H,1H3,(H2,7,9,10). The van der Waals surface area contributed by atoms with Crippen molar-refractivity contribution < 1.29 is 17.9 Å². The minimum Gasteiger partial charge on any atom is -0.465 e. The Balaban J connectivity index is 3.26. The average Bonchev–Trinajstić information content (AvgIpc) is 2.49. The Morgan fingerprint density at radius 2 is 2.23 bits per heavy atom. The molecule has 0 spiro atoms. The van der Waals surface area contributed by atoms with E-state index < -0.39 is 16.0 Å². The van der Waals surface area contributed by atoms with Crippen molar-refractivity contribution in [1.29, 1.82) is 0 Å². The Labute approximate surface area is 79.2 Å². The number of ether oxygens (including phenoxy) is 1. The molecule has 0 radical (unpaired) electrons. The Bertz CT molecular complexity index is 420. The van der Waals surface area contributed by atoms with Crippen LogP contribution in [-0.2, 0) is 14.8 Å². The molecule has 0 saturated carbocycles. The molecule has 1 aromatic rings. The largest absolute Gasteiger partial charge is 0.465 e. The number of rotatable bonds is 2. The van der Waals surface area contributed by atoms with Crippen LogP contribution in [0.15, 0.2) is 15.7 Å². The fourth-order valence-corrected chi connectivity index (χ4v) is 2.54. The van der Waals surface area contributed by atoms with Crippen molar-refractivity contribution in [3.63, 3.8) is 0 Å². The van der Waals surface area contributed by atoms with Crippen LogP contribution in [0.5, 0.6) is 0 Å². The van der Waals surface area contributed by atoms with Gasteiger partial charge in [-0.1, -0.05) is 0 Å². The van der Waals surface area contributed by atoms with Gasteiger partial charge in [0.2, 0.25) is 10.0 Å². The number of hydrogen-bond donors (Lipinski definition) is 1. The van der Waals surface area contributed by atoms with Gasteiger partial charge in [0.05, 0.1) is 12.7 Å². The summed E-state index contributed by atoms with van der Waals surface area (Å²) in [4.78, 5) is 11.0. The lowest BCUT2D eigenvalue weighted by atomic mass is 10.3. The maximum atomic E-state index is 11.0. The summed E-state index contributed by atoms with van der Waals surface area (Å²) in [6, 6.07) is 1.36. The van der Waals surface area contributed by atoms with Gasteiger partial charge in [-0.2, -0.15) is 0 Å². The molecule has 1 aromatic heterocycles. The van der Waals surface area contributed by atoms with E-state index in [1.807, 2.05) is 0 Å². The molecule has 1 rings (SSSR count). The molecular formula is C6H7NO4S2. The van der Waals surface area contributed by atoms with Crippen molar-refractivity contribution in [2.24, 2.45) is 5.14 Å². The number of carbonyl (C=O) groups is 1. The number of carbonyl (C=O) groups excluding carboxylic acids is 1. The quantitative estimate of drug-likeness (QED) is 0.722. The van der Waals surface area contributed by atoms with Gasteiger partial charge in [0.1, 0.15) is 4.21 Å². The first-order valence-corrected chi connectivity index (χ1v) is 5.58.